The molecule has 8 heteroatoms. The van der Waals surface area contributed by atoms with Crippen molar-refractivity contribution in [2.45, 2.75) is 38.5 Å². The van der Waals surface area contributed by atoms with Crippen molar-refractivity contribution in [2.24, 2.45) is 5.92 Å². The van der Waals surface area contributed by atoms with Gasteiger partial charge in [0.25, 0.3) is 11.8 Å². The molecule has 6 nitrogen and oxygen atoms in total. The minimum Gasteiger partial charge on any atom is -0.484 e. The Bertz CT molecular complexity index is 981. The summed E-state index contributed by atoms with van der Waals surface area (Å²) in [5.74, 6) is 2.63. The first-order chi connectivity index (χ1) is 14.6. The van der Waals surface area contributed by atoms with Crippen LogP contribution in [0.15, 0.2) is 40.1 Å². The third-order valence-electron chi connectivity index (χ3n) is 5.46. The maximum absolute atomic E-state index is 12.1. The molecular formula is C22H24ClN3O3S. The maximum atomic E-state index is 12.1. The molecule has 0 spiro atoms. The summed E-state index contributed by atoms with van der Waals surface area (Å²) in [4.78, 5) is 13.1. The Labute approximate surface area is 184 Å². The fourth-order valence-corrected chi connectivity index (χ4v) is 4.44. The van der Waals surface area contributed by atoms with Crippen LogP contribution < -0.4 is 10.1 Å². The van der Waals surface area contributed by atoms with E-state index in [1.54, 1.807) is 23.5 Å². The van der Waals surface area contributed by atoms with Crippen molar-refractivity contribution in [1.29, 1.82) is 0 Å². The Balaban J connectivity index is 1.18. The number of ether oxygens (including phenoxy) is 1. The zero-order valence-corrected chi connectivity index (χ0v) is 18.3. The van der Waals surface area contributed by atoms with Crippen molar-refractivity contribution in [3.63, 3.8) is 0 Å². The van der Waals surface area contributed by atoms with Crippen LogP contribution in [0.3, 0.4) is 0 Å². The van der Waals surface area contributed by atoms with E-state index in [1.807, 2.05) is 30.5 Å². The zero-order chi connectivity index (χ0) is 20.9. The fourth-order valence-electron chi connectivity index (χ4n) is 3.68. The molecule has 2 heterocycles. The number of nitrogens with zero attached hydrogens (tertiary/aromatic N) is 2. The largest absolute Gasteiger partial charge is 0.484 e. The Kier molecular flexibility index (Phi) is 6.69. The first-order valence-electron chi connectivity index (χ1n) is 10.1. The fraction of sp³-hybridized carbons (Fsp3) is 0.409. The van der Waals surface area contributed by atoms with Crippen molar-refractivity contribution < 1.29 is 13.9 Å². The molecule has 1 aliphatic rings. The highest BCUT2D eigenvalue weighted by atomic mass is 35.5. The Morgan fingerprint density at radius 2 is 2.10 bits per heavy atom. The van der Waals surface area contributed by atoms with Crippen LogP contribution in [0.1, 0.15) is 43.1 Å². The van der Waals surface area contributed by atoms with Gasteiger partial charge >= 0.3 is 0 Å². The molecule has 4 rings (SSSR count). The monoisotopic (exact) mass is 445 g/mol. The van der Waals surface area contributed by atoms with E-state index in [0.29, 0.717) is 35.0 Å². The summed E-state index contributed by atoms with van der Waals surface area (Å²) in [6.07, 6.45) is 4.04. The second-order valence-electron chi connectivity index (χ2n) is 7.64. The van der Waals surface area contributed by atoms with Gasteiger partial charge in [-0.2, -0.15) is 0 Å². The van der Waals surface area contributed by atoms with Gasteiger partial charge in [-0.05, 0) is 73.7 Å². The van der Waals surface area contributed by atoms with Crippen LogP contribution in [0.25, 0.3) is 10.8 Å². The Hall–Kier alpha value is -2.38. The number of rotatable bonds is 7. The summed E-state index contributed by atoms with van der Waals surface area (Å²) in [7, 11) is 0. The van der Waals surface area contributed by atoms with E-state index in [9.17, 15) is 4.79 Å². The zero-order valence-electron chi connectivity index (χ0n) is 16.8. The summed E-state index contributed by atoms with van der Waals surface area (Å²) >= 11 is 7.60. The van der Waals surface area contributed by atoms with Crippen LogP contribution in [0.2, 0.25) is 5.02 Å². The number of thiophene rings is 1. The van der Waals surface area contributed by atoms with Crippen molar-refractivity contribution in [2.75, 3.05) is 13.2 Å². The molecule has 2 aromatic heterocycles. The predicted molar refractivity (Wildman–Crippen MR) is 117 cm³/mol. The molecular weight excluding hydrogens is 422 g/mol. The molecule has 0 bridgehead atoms. The Morgan fingerprint density at radius 3 is 2.83 bits per heavy atom. The summed E-state index contributed by atoms with van der Waals surface area (Å²) in [6, 6.07) is 9.34. The SMILES string of the molecule is Cc1cc(OCC(=O)NCC2CCC(c3nnc(-c4cccs4)o3)CC2)ccc1Cl. The number of aromatic nitrogens is 2. The van der Waals surface area contributed by atoms with Crippen LogP contribution in [-0.2, 0) is 4.79 Å². The van der Waals surface area contributed by atoms with Gasteiger partial charge in [-0.1, -0.05) is 17.7 Å². The highest BCUT2D eigenvalue weighted by molar-refractivity contribution is 7.13. The second-order valence-corrected chi connectivity index (χ2v) is 9.00. The van der Waals surface area contributed by atoms with Crippen LogP contribution in [0, 0.1) is 12.8 Å². The molecule has 1 N–H and O–H groups in total. The van der Waals surface area contributed by atoms with Crippen molar-refractivity contribution in [3.8, 4) is 16.5 Å². The lowest BCUT2D eigenvalue weighted by Gasteiger charge is -2.26. The van der Waals surface area contributed by atoms with E-state index in [2.05, 4.69) is 15.5 Å². The molecule has 0 atom stereocenters. The normalized spacial score (nSPS) is 18.9. The number of hydrogen-bond donors (Lipinski definition) is 1. The van der Waals surface area contributed by atoms with Gasteiger partial charge < -0.3 is 14.5 Å². The molecule has 0 unspecified atom stereocenters. The number of carbonyl (C=O) groups is 1. The van der Waals surface area contributed by atoms with Gasteiger partial charge in [0.15, 0.2) is 6.61 Å². The van der Waals surface area contributed by atoms with Gasteiger partial charge in [0.05, 0.1) is 4.88 Å². The molecule has 0 saturated heterocycles. The maximum Gasteiger partial charge on any atom is 0.257 e. The first kappa shape index (κ1) is 20.9. The molecule has 3 aromatic rings. The molecule has 0 radical (unpaired) electrons. The van der Waals surface area contributed by atoms with Gasteiger partial charge in [0.1, 0.15) is 5.75 Å². The molecule has 1 aromatic carbocycles. The lowest BCUT2D eigenvalue weighted by atomic mass is 9.82. The van der Waals surface area contributed by atoms with Gasteiger partial charge in [-0.3, -0.25) is 4.79 Å². The van der Waals surface area contributed by atoms with Crippen LogP contribution >= 0.6 is 22.9 Å². The number of nitrogens with one attached hydrogen (secondary N) is 1. The summed E-state index contributed by atoms with van der Waals surface area (Å²) in [5, 5.41) is 14.1. The average Bonchev–Trinajstić information content (AvgIpc) is 3.45. The van der Waals surface area contributed by atoms with Crippen LogP contribution in [0.5, 0.6) is 5.75 Å². The summed E-state index contributed by atoms with van der Waals surface area (Å²) in [6.45, 7) is 2.58. The standard InChI is InChI=1S/C22H24ClN3O3S/c1-14-11-17(8-9-18(14)23)28-13-20(27)24-12-15-4-6-16(7-5-15)21-25-26-22(29-21)19-3-2-10-30-19/h2-3,8-11,15-16H,4-7,12-13H2,1H3,(H,24,27). The number of benzene rings is 1. The van der Waals surface area contributed by atoms with E-state index >= 15 is 0 Å². The van der Waals surface area contributed by atoms with Crippen LogP contribution in [-0.4, -0.2) is 29.3 Å². The second kappa shape index (κ2) is 9.62. The van der Waals surface area contributed by atoms with E-state index < -0.39 is 0 Å². The predicted octanol–water partition coefficient (Wildman–Crippen LogP) is 5.23. The molecule has 158 valence electrons. The molecule has 1 fully saturated rings. The number of hydrogen-bond acceptors (Lipinski definition) is 6. The van der Waals surface area contributed by atoms with Gasteiger partial charge in [-0.25, -0.2) is 0 Å². The quantitative estimate of drug-likeness (QED) is 0.538. The lowest BCUT2D eigenvalue weighted by molar-refractivity contribution is -0.123. The number of halogens is 1. The van der Waals surface area contributed by atoms with Crippen molar-refractivity contribution in [3.05, 3.63) is 52.2 Å². The highest BCUT2D eigenvalue weighted by Gasteiger charge is 2.27. The average molecular weight is 446 g/mol. The number of aryl methyl sites for hydroxylation is 1. The first-order valence-corrected chi connectivity index (χ1v) is 11.4. The minimum absolute atomic E-state index is 0.00387. The van der Waals surface area contributed by atoms with E-state index in [1.165, 1.54) is 0 Å². The molecule has 30 heavy (non-hydrogen) atoms. The third kappa shape index (κ3) is 5.21. The number of carbonyl (C=O) groups excluding carboxylic acids is 1. The van der Waals surface area contributed by atoms with Crippen molar-refractivity contribution in [1.82, 2.24) is 15.5 Å². The Morgan fingerprint density at radius 1 is 1.27 bits per heavy atom. The van der Waals surface area contributed by atoms with E-state index in [-0.39, 0.29) is 12.5 Å². The smallest absolute Gasteiger partial charge is 0.257 e. The van der Waals surface area contributed by atoms with Crippen LogP contribution in [0.4, 0.5) is 0 Å². The molecule has 1 aliphatic carbocycles. The van der Waals surface area contributed by atoms with E-state index in [0.717, 1.165) is 42.0 Å². The minimum atomic E-state index is -0.109. The molecule has 1 amide bonds. The van der Waals surface area contributed by atoms with Gasteiger partial charge in [0, 0.05) is 17.5 Å². The number of amides is 1. The summed E-state index contributed by atoms with van der Waals surface area (Å²) in [5.41, 5.74) is 0.926. The van der Waals surface area contributed by atoms with E-state index in [4.69, 9.17) is 20.8 Å². The topological polar surface area (TPSA) is 77.2 Å². The molecule has 0 aliphatic heterocycles. The lowest BCUT2D eigenvalue weighted by Crippen LogP contribution is -2.34. The summed E-state index contributed by atoms with van der Waals surface area (Å²) < 4.78 is 11.4. The van der Waals surface area contributed by atoms with Crippen molar-refractivity contribution >= 4 is 28.8 Å². The van der Waals surface area contributed by atoms with Gasteiger partial charge in [0.2, 0.25) is 5.89 Å². The van der Waals surface area contributed by atoms with Gasteiger partial charge in [-0.15, -0.1) is 21.5 Å². The highest BCUT2D eigenvalue weighted by Crippen LogP contribution is 2.36. The third-order valence-corrected chi connectivity index (χ3v) is 6.74. The molecule has 1 saturated carbocycles.